The summed E-state index contributed by atoms with van der Waals surface area (Å²) in [5, 5.41) is 18.2. The van der Waals surface area contributed by atoms with Gasteiger partial charge in [-0.15, -0.1) is 0 Å². The summed E-state index contributed by atoms with van der Waals surface area (Å²) in [4.78, 5) is 14.6. The largest absolute Gasteiger partial charge is 0.379 e. The number of amides is 1. The highest BCUT2D eigenvalue weighted by molar-refractivity contribution is 7.07. The Morgan fingerprint density at radius 1 is 1.20 bits per heavy atom. The normalized spacial score (nSPS) is 20.8. The molecule has 1 amide bonds. The minimum Gasteiger partial charge on any atom is -0.379 e. The van der Waals surface area contributed by atoms with Crippen molar-refractivity contribution in [2.75, 3.05) is 19.6 Å². The molecular formula is C20H26N2O2S. The molecule has 0 bridgehead atoms. The number of nitrogens with one attached hydrogen (secondary N) is 1. The average molecular weight is 359 g/mol. The molecule has 134 valence electrons. The predicted octanol–water partition coefficient (Wildman–Crippen LogP) is 2.82. The van der Waals surface area contributed by atoms with Crippen molar-refractivity contribution in [3.8, 4) is 0 Å². The summed E-state index contributed by atoms with van der Waals surface area (Å²) in [6.45, 7) is 2.46. The third-order valence-corrected chi connectivity index (χ3v) is 5.50. The van der Waals surface area contributed by atoms with Gasteiger partial charge < -0.3 is 15.3 Å². The van der Waals surface area contributed by atoms with E-state index in [9.17, 15) is 9.90 Å². The van der Waals surface area contributed by atoms with Gasteiger partial charge in [-0.25, -0.2) is 0 Å². The molecule has 1 atom stereocenters. The Morgan fingerprint density at radius 3 is 2.80 bits per heavy atom. The van der Waals surface area contributed by atoms with Gasteiger partial charge in [0.25, 0.3) is 5.91 Å². The molecule has 0 spiro atoms. The smallest absolute Gasteiger partial charge is 0.255 e. The zero-order valence-corrected chi connectivity index (χ0v) is 15.3. The lowest BCUT2D eigenvalue weighted by atomic mass is 9.91. The number of hydrogen-bond acceptors (Lipinski definition) is 4. The number of rotatable bonds is 8. The zero-order valence-electron chi connectivity index (χ0n) is 14.5. The number of aryl methyl sites for hydroxylation is 1. The van der Waals surface area contributed by atoms with Crippen molar-refractivity contribution in [3.63, 3.8) is 0 Å². The number of carbonyl (C=O) groups excluding carboxylic acids is 1. The first-order chi connectivity index (χ1) is 12.2. The van der Waals surface area contributed by atoms with Gasteiger partial charge in [-0.05, 0) is 53.6 Å². The Morgan fingerprint density at radius 2 is 2.04 bits per heavy atom. The van der Waals surface area contributed by atoms with E-state index in [1.54, 1.807) is 11.3 Å². The molecule has 0 radical (unpaired) electrons. The van der Waals surface area contributed by atoms with Crippen LogP contribution in [0.5, 0.6) is 0 Å². The van der Waals surface area contributed by atoms with Crippen LogP contribution < -0.4 is 5.32 Å². The number of carbonyl (C=O) groups is 1. The summed E-state index contributed by atoms with van der Waals surface area (Å²) >= 11 is 1.66. The molecule has 0 aliphatic carbocycles. The van der Waals surface area contributed by atoms with Gasteiger partial charge in [0.15, 0.2) is 5.60 Å². The fourth-order valence-corrected chi connectivity index (χ4v) is 4.04. The Kier molecular flexibility index (Phi) is 6.24. The quantitative estimate of drug-likeness (QED) is 0.763. The minimum atomic E-state index is -1.26. The standard InChI is InChI=1S/C20H26N2O2S/c23-19-20(24,16-21-14-18-9-13-25-15-18)10-5-12-22(19)11-4-8-17-6-2-1-3-7-17/h1-3,6-7,9,13,15,21,24H,4-5,8,10-12,14,16H2/t20-/m1/s1. The molecule has 25 heavy (non-hydrogen) atoms. The second-order valence-corrected chi connectivity index (χ2v) is 7.53. The fraction of sp³-hybridized carbons (Fsp3) is 0.450. The first-order valence-electron chi connectivity index (χ1n) is 8.95. The van der Waals surface area contributed by atoms with E-state index in [-0.39, 0.29) is 5.91 Å². The average Bonchev–Trinajstić information content (AvgIpc) is 3.13. The van der Waals surface area contributed by atoms with E-state index in [1.807, 2.05) is 28.5 Å². The molecule has 2 N–H and O–H groups in total. The zero-order chi connectivity index (χ0) is 17.5. The van der Waals surface area contributed by atoms with Crippen LogP contribution in [0.4, 0.5) is 0 Å². The lowest BCUT2D eigenvalue weighted by Crippen LogP contribution is -2.58. The van der Waals surface area contributed by atoms with E-state index in [0.717, 1.165) is 25.8 Å². The van der Waals surface area contributed by atoms with Crippen LogP contribution in [0.15, 0.2) is 47.2 Å². The number of benzene rings is 1. The Bertz CT molecular complexity index is 660. The first-order valence-corrected chi connectivity index (χ1v) is 9.89. The van der Waals surface area contributed by atoms with Crippen LogP contribution in [-0.2, 0) is 17.8 Å². The van der Waals surface area contributed by atoms with E-state index < -0.39 is 5.60 Å². The topological polar surface area (TPSA) is 52.6 Å². The molecule has 3 rings (SSSR count). The van der Waals surface area contributed by atoms with E-state index in [2.05, 4.69) is 28.9 Å². The van der Waals surface area contributed by atoms with Gasteiger partial charge in [0.1, 0.15) is 0 Å². The fourth-order valence-electron chi connectivity index (χ4n) is 3.37. The maximum Gasteiger partial charge on any atom is 0.255 e. The van der Waals surface area contributed by atoms with Gasteiger partial charge in [-0.1, -0.05) is 30.3 Å². The monoisotopic (exact) mass is 358 g/mol. The first kappa shape index (κ1) is 18.1. The molecule has 0 saturated carbocycles. The van der Waals surface area contributed by atoms with Crippen molar-refractivity contribution in [1.82, 2.24) is 10.2 Å². The molecule has 2 aromatic rings. The summed E-state index contributed by atoms with van der Waals surface area (Å²) in [5.74, 6) is -0.121. The van der Waals surface area contributed by atoms with Crippen LogP contribution in [-0.4, -0.2) is 41.1 Å². The maximum atomic E-state index is 12.7. The number of likely N-dealkylation sites (tertiary alicyclic amines) is 1. The molecule has 2 heterocycles. The van der Waals surface area contributed by atoms with Crippen LogP contribution in [0.25, 0.3) is 0 Å². The number of nitrogens with zero attached hydrogens (tertiary/aromatic N) is 1. The predicted molar refractivity (Wildman–Crippen MR) is 102 cm³/mol. The van der Waals surface area contributed by atoms with Crippen molar-refractivity contribution in [2.45, 2.75) is 37.8 Å². The summed E-state index contributed by atoms with van der Waals surface area (Å²) in [6.07, 6.45) is 3.28. The molecule has 1 aromatic carbocycles. The SMILES string of the molecule is O=C1N(CCCc2ccccc2)CCC[C@@]1(O)CNCc1ccsc1. The highest BCUT2D eigenvalue weighted by Gasteiger charge is 2.41. The van der Waals surface area contributed by atoms with Crippen molar-refractivity contribution in [1.29, 1.82) is 0 Å². The molecule has 1 aliphatic rings. The second-order valence-electron chi connectivity index (χ2n) is 6.75. The van der Waals surface area contributed by atoms with Crippen LogP contribution in [0, 0.1) is 0 Å². The maximum absolute atomic E-state index is 12.7. The molecule has 1 fully saturated rings. The van der Waals surface area contributed by atoms with Crippen LogP contribution >= 0.6 is 11.3 Å². The van der Waals surface area contributed by atoms with E-state index in [0.29, 0.717) is 26.1 Å². The Labute approximate surface area is 153 Å². The van der Waals surface area contributed by atoms with Crippen molar-refractivity contribution in [2.24, 2.45) is 0 Å². The number of thiophene rings is 1. The molecule has 4 nitrogen and oxygen atoms in total. The molecule has 1 saturated heterocycles. The Hall–Kier alpha value is -1.69. The molecule has 0 unspecified atom stereocenters. The number of aliphatic hydroxyl groups is 1. The molecule has 1 aliphatic heterocycles. The summed E-state index contributed by atoms with van der Waals surface area (Å²) in [7, 11) is 0. The van der Waals surface area contributed by atoms with Crippen LogP contribution in [0.1, 0.15) is 30.4 Å². The highest BCUT2D eigenvalue weighted by Crippen LogP contribution is 2.23. The third kappa shape index (κ3) is 4.91. The van der Waals surface area contributed by atoms with E-state index in [4.69, 9.17) is 0 Å². The van der Waals surface area contributed by atoms with Crippen molar-refractivity contribution < 1.29 is 9.90 Å². The van der Waals surface area contributed by atoms with Gasteiger partial charge in [0.2, 0.25) is 0 Å². The van der Waals surface area contributed by atoms with Crippen LogP contribution in [0.3, 0.4) is 0 Å². The van der Waals surface area contributed by atoms with Gasteiger partial charge in [-0.3, -0.25) is 4.79 Å². The molecular weight excluding hydrogens is 332 g/mol. The number of piperidine rings is 1. The van der Waals surface area contributed by atoms with Crippen LogP contribution in [0.2, 0.25) is 0 Å². The second kappa shape index (κ2) is 8.61. The van der Waals surface area contributed by atoms with Crippen molar-refractivity contribution in [3.05, 3.63) is 58.3 Å². The highest BCUT2D eigenvalue weighted by atomic mass is 32.1. The van der Waals surface area contributed by atoms with E-state index >= 15 is 0 Å². The summed E-state index contributed by atoms with van der Waals surface area (Å²) in [5.41, 5.74) is 1.22. The lowest BCUT2D eigenvalue weighted by Gasteiger charge is -2.38. The van der Waals surface area contributed by atoms with Gasteiger partial charge >= 0.3 is 0 Å². The van der Waals surface area contributed by atoms with Crippen molar-refractivity contribution >= 4 is 17.2 Å². The van der Waals surface area contributed by atoms with Gasteiger partial charge in [0.05, 0.1) is 0 Å². The van der Waals surface area contributed by atoms with Gasteiger partial charge in [0, 0.05) is 26.2 Å². The molecule has 5 heteroatoms. The number of hydrogen-bond donors (Lipinski definition) is 2. The Balaban J connectivity index is 1.47. The molecule has 1 aromatic heterocycles. The van der Waals surface area contributed by atoms with Gasteiger partial charge in [-0.2, -0.15) is 11.3 Å². The minimum absolute atomic E-state index is 0.121. The summed E-state index contributed by atoms with van der Waals surface area (Å²) < 4.78 is 0. The van der Waals surface area contributed by atoms with E-state index in [1.165, 1.54) is 11.1 Å². The summed E-state index contributed by atoms with van der Waals surface area (Å²) in [6, 6.07) is 12.4. The third-order valence-electron chi connectivity index (χ3n) is 4.77. The lowest BCUT2D eigenvalue weighted by molar-refractivity contribution is -0.156.